The van der Waals surface area contributed by atoms with Gasteiger partial charge in [-0.1, -0.05) is 42.5 Å². The molecule has 20 heavy (non-hydrogen) atoms. The smallest absolute Gasteiger partial charge is 0.104 e. The molecule has 0 amide bonds. The maximum absolute atomic E-state index is 5.66. The highest BCUT2D eigenvalue weighted by Crippen LogP contribution is 2.28. The molecule has 2 aromatic rings. The molecule has 104 valence electrons. The molecule has 0 spiro atoms. The molecule has 2 rings (SSSR count). The molecule has 0 aromatic heterocycles. The first-order valence-electron chi connectivity index (χ1n) is 6.50. The maximum Gasteiger partial charge on any atom is 0.104 e. The lowest BCUT2D eigenvalue weighted by atomic mass is 10.1. The fourth-order valence-electron chi connectivity index (χ4n) is 2.09. The van der Waals surface area contributed by atoms with E-state index in [4.69, 9.17) is 18.0 Å². The Morgan fingerprint density at radius 3 is 2.45 bits per heavy atom. The van der Waals surface area contributed by atoms with Gasteiger partial charge in [-0.15, -0.1) is 0 Å². The van der Waals surface area contributed by atoms with Gasteiger partial charge in [-0.3, -0.25) is 0 Å². The number of benzene rings is 2. The van der Waals surface area contributed by atoms with Crippen LogP contribution >= 0.6 is 28.1 Å². The van der Waals surface area contributed by atoms with E-state index in [1.54, 1.807) is 0 Å². The van der Waals surface area contributed by atoms with Gasteiger partial charge in [0.25, 0.3) is 0 Å². The summed E-state index contributed by atoms with van der Waals surface area (Å²) in [5, 5.41) is 0. The summed E-state index contributed by atoms with van der Waals surface area (Å²) in [4.78, 5) is 2.73. The van der Waals surface area contributed by atoms with E-state index in [9.17, 15) is 0 Å². The molecular weight excluding hydrogens is 332 g/mol. The summed E-state index contributed by atoms with van der Waals surface area (Å²) in [6, 6.07) is 16.4. The first-order chi connectivity index (χ1) is 9.61. The van der Waals surface area contributed by atoms with Crippen LogP contribution in [0.25, 0.3) is 0 Å². The molecular formula is C16H17BrN2S. The lowest BCUT2D eigenvalue weighted by Gasteiger charge is -2.25. The minimum absolute atomic E-state index is 0.420. The van der Waals surface area contributed by atoms with Crippen LogP contribution in [0.3, 0.4) is 0 Å². The zero-order valence-electron chi connectivity index (χ0n) is 11.3. The highest BCUT2D eigenvalue weighted by atomic mass is 79.9. The van der Waals surface area contributed by atoms with Crippen molar-refractivity contribution in [1.82, 2.24) is 0 Å². The van der Waals surface area contributed by atoms with Crippen molar-refractivity contribution in [3.05, 3.63) is 64.1 Å². The number of hydrogen-bond acceptors (Lipinski definition) is 2. The molecule has 0 fully saturated rings. The molecule has 2 nitrogen and oxygen atoms in total. The van der Waals surface area contributed by atoms with Crippen molar-refractivity contribution in [1.29, 1.82) is 0 Å². The summed E-state index contributed by atoms with van der Waals surface area (Å²) >= 11 is 8.62. The van der Waals surface area contributed by atoms with Crippen molar-refractivity contribution in [2.75, 3.05) is 11.4 Å². The normalized spacial score (nSPS) is 10.3. The molecule has 0 saturated carbocycles. The number of rotatable bonds is 5. The van der Waals surface area contributed by atoms with E-state index in [1.807, 2.05) is 18.2 Å². The largest absolute Gasteiger partial charge is 0.389 e. The Bertz CT molecular complexity index is 599. The van der Waals surface area contributed by atoms with Gasteiger partial charge in [-0.2, -0.15) is 0 Å². The number of thiocarbonyl (C=S) groups is 1. The van der Waals surface area contributed by atoms with Gasteiger partial charge in [-0.25, -0.2) is 0 Å². The van der Waals surface area contributed by atoms with Crippen molar-refractivity contribution in [2.24, 2.45) is 5.73 Å². The predicted molar refractivity (Wildman–Crippen MR) is 93.2 cm³/mol. The third kappa shape index (κ3) is 3.58. The van der Waals surface area contributed by atoms with E-state index >= 15 is 0 Å². The SMILES string of the molecule is CCN(Cc1ccccc1)c1ccc(C(N)=S)cc1Br. The van der Waals surface area contributed by atoms with E-state index < -0.39 is 0 Å². The fraction of sp³-hybridized carbons (Fsp3) is 0.188. The van der Waals surface area contributed by atoms with E-state index in [1.165, 1.54) is 5.56 Å². The molecule has 0 aliphatic heterocycles. The molecule has 0 unspecified atom stereocenters. The highest BCUT2D eigenvalue weighted by molar-refractivity contribution is 9.10. The fourth-order valence-corrected chi connectivity index (χ4v) is 2.84. The zero-order chi connectivity index (χ0) is 14.5. The molecule has 0 atom stereocenters. The molecule has 0 bridgehead atoms. The van der Waals surface area contributed by atoms with Crippen molar-refractivity contribution in [2.45, 2.75) is 13.5 Å². The van der Waals surface area contributed by atoms with Crippen LogP contribution in [0.4, 0.5) is 5.69 Å². The first kappa shape index (κ1) is 15.0. The van der Waals surface area contributed by atoms with Crippen LogP contribution in [0, 0.1) is 0 Å². The second-order valence-corrected chi connectivity index (χ2v) is 5.82. The Kier molecular flexibility index (Phi) is 5.15. The highest BCUT2D eigenvalue weighted by Gasteiger charge is 2.10. The second-order valence-electron chi connectivity index (χ2n) is 4.53. The Morgan fingerprint density at radius 1 is 1.20 bits per heavy atom. The number of nitrogens with zero attached hydrogens (tertiary/aromatic N) is 1. The van der Waals surface area contributed by atoms with Gasteiger partial charge in [0.1, 0.15) is 4.99 Å². The van der Waals surface area contributed by atoms with E-state index in [0.717, 1.165) is 28.8 Å². The van der Waals surface area contributed by atoms with Gasteiger partial charge in [0, 0.05) is 23.1 Å². The number of hydrogen-bond donors (Lipinski definition) is 1. The van der Waals surface area contributed by atoms with Crippen molar-refractivity contribution >= 4 is 38.8 Å². The van der Waals surface area contributed by atoms with Crippen LogP contribution in [0.2, 0.25) is 0 Å². The van der Waals surface area contributed by atoms with Gasteiger partial charge in [0.05, 0.1) is 5.69 Å². The number of nitrogens with two attached hydrogens (primary N) is 1. The van der Waals surface area contributed by atoms with Crippen molar-refractivity contribution in [3.8, 4) is 0 Å². The average Bonchev–Trinajstić information content (AvgIpc) is 2.46. The predicted octanol–water partition coefficient (Wildman–Crippen LogP) is 4.11. The molecule has 0 aliphatic rings. The standard InChI is InChI=1S/C16H17BrN2S/c1-2-19(11-12-6-4-3-5-7-12)15-9-8-13(16(18)20)10-14(15)17/h3-10H,2,11H2,1H3,(H2,18,20). The van der Waals surface area contributed by atoms with Gasteiger partial charge in [0.15, 0.2) is 0 Å². The van der Waals surface area contributed by atoms with Gasteiger partial charge in [-0.05, 0) is 46.6 Å². The second kappa shape index (κ2) is 6.86. The van der Waals surface area contributed by atoms with E-state index in [0.29, 0.717) is 4.99 Å². The third-order valence-corrected chi connectivity index (χ3v) is 4.04. The molecule has 4 heteroatoms. The van der Waals surface area contributed by atoms with E-state index in [-0.39, 0.29) is 0 Å². The van der Waals surface area contributed by atoms with Gasteiger partial charge in [0.2, 0.25) is 0 Å². The van der Waals surface area contributed by atoms with Gasteiger partial charge >= 0.3 is 0 Å². The molecule has 0 heterocycles. The van der Waals surface area contributed by atoms with Crippen LogP contribution in [0.15, 0.2) is 53.0 Å². The lowest BCUT2D eigenvalue weighted by Crippen LogP contribution is -2.22. The Balaban J connectivity index is 2.26. The minimum atomic E-state index is 0.420. The molecule has 2 aromatic carbocycles. The van der Waals surface area contributed by atoms with Gasteiger partial charge < -0.3 is 10.6 Å². The Labute approximate surface area is 133 Å². The van der Waals surface area contributed by atoms with Crippen molar-refractivity contribution < 1.29 is 0 Å². The summed E-state index contributed by atoms with van der Waals surface area (Å²) in [6.07, 6.45) is 0. The summed E-state index contributed by atoms with van der Waals surface area (Å²) in [6.45, 7) is 3.96. The maximum atomic E-state index is 5.66. The monoisotopic (exact) mass is 348 g/mol. The molecule has 0 saturated heterocycles. The van der Waals surface area contributed by atoms with Crippen LogP contribution in [0.1, 0.15) is 18.1 Å². The molecule has 0 radical (unpaired) electrons. The van der Waals surface area contributed by atoms with Crippen LogP contribution in [-0.4, -0.2) is 11.5 Å². The Hall–Kier alpha value is -1.39. The quantitative estimate of drug-likeness (QED) is 0.824. The van der Waals surface area contributed by atoms with E-state index in [2.05, 4.69) is 58.1 Å². The summed E-state index contributed by atoms with van der Waals surface area (Å²) in [7, 11) is 0. The Morgan fingerprint density at radius 2 is 1.90 bits per heavy atom. The lowest BCUT2D eigenvalue weighted by molar-refractivity contribution is 0.829. The van der Waals surface area contributed by atoms with Crippen LogP contribution < -0.4 is 10.6 Å². The summed E-state index contributed by atoms with van der Waals surface area (Å²) in [5.74, 6) is 0. The summed E-state index contributed by atoms with van der Waals surface area (Å²) in [5.41, 5.74) is 8.98. The zero-order valence-corrected chi connectivity index (χ0v) is 13.7. The molecule has 0 aliphatic carbocycles. The topological polar surface area (TPSA) is 29.3 Å². The first-order valence-corrected chi connectivity index (χ1v) is 7.70. The number of anilines is 1. The minimum Gasteiger partial charge on any atom is -0.389 e. The van der Waals surface area contributed by atoms with Crippen LogP contribution in [-0.2, 0) is 6.54 Å². The number of halogens is 1. The van der Waals surface area contributed by atoms with Crippen LogP contribution in [0.5, 0.6) is 0 Å². The third-order valence-electron chi connectivity index (χ3n) is 3.17. The summed E-state index contributed by atoms with van der Waals surface area (Å²) < 4.78 is 1.01. The molecule has 2 N–H and O–H groups in total. The van der Waals surface area contributed by atoms with Crippen molar-refractivity contribution in [3.63, 3.8) is 0 Å². The average molecular weight is 349 g/mol.